The van der Waals surface area contributed by atoms with Gasteiger partial charge in [-0.05, 0) is 49.6 Å². The number of phenols is 1. The number of phenolic OH excluding ortho intramolecular Hbond substituents is 1. The van der Waals surface area contributed by atoms with E-state index in [1.165, 1.54) is 0 Å². The molecule has 36 heavy (non-hydrogen) atoms. The number of benzene rings is 2. The summed E-state index contributed by atoms with van der Waals surface area (Å²) in [7, 11) is 0. The molecule has 3 aliphatic heterocycles. The van der Waals surface area contributed by atoms with Crippen LogP contribution in [-0.2, 0) is 10.2 Å². The predicted octanol–water partition coefficient (Wildman–Crippen LogP) is 2.79. The summed E-state index contributed by atoms with van der Waals surface area (Å²) < 4.78 is 0. The number of hydrogen-bond acceptors (Lipinski definition) is 7. The fourth-order valence-electron chi connectivity index (χ4n) is 6.25. The van der Waals surface area contributed by atoms with Gasteiger partial charge in [-0.25, -0.2) is 0 Å². The molecule has 0 radical (unpaired) electrons. The molecule has 4 N–H and O–H groups in total. The number of nitrogens with two attached hydrogens (primary N) is 1. The molecule has 3 aromatic rings. The highest BCUT2D eigenvalue weighted by Gasteiger charge is 2.53. The lowest BCUT2D eigenvalue weighted by molar-refractivity contribution is -0.149. The fraction of sp³-hybridized carbons (Fsp3) is 0.393. The minimum Gasteiger partial charge on any atom is -0.507 e. The minimum absolute atomic E-state index is 0.152. The van der Waals surface area contributed by atoms with Crippen LogP contribution in [0, 0.1) is 5.41 Å². The highest BCUT2D eigenvalue weighted by atomic mass is 16.3. The van der Waals surface area contributed by atoms with Crippen molar-refractivity contribution in [3.8, 4) is 17.0 Å². The Bertz CT molecular complexity index is 1260. The van der Waals surface area contributed by atoms with Crippen LogP contribution in [0.25, 0.3) is 11.3 Å². The molecule has 0 atom stereocenters. The number of carbonyl (C=O) groups excluding carboxylic acids is 1. The first kappa shape index (κ1) is 22.8. The van der Waals surface area contributed by atoms with Crippen molar-refractivity contribution in [1.82, 2.24) is 20.4 Å². The molecule has 6 rings (SSSR count). The van der Waals surface area contributed by atoms with E-state index in [0.717, 1.165) is 43.9 Å². The molecule has 0 unspecified atom stereocenters. The molecule has 3 fully saturated rings. The Morgan fingerprint density at radius 1 is 0.972 bits per heavy atom. The van der Waals surface area contributed by atoms with Crippen molar-refractivity contribution in [3.05, 3.63) is 66.2 Å². The summed E-state index contributed by atoms with van der Waals surface area (Å²) in [5, 5.41) is 22.2. The highest BCUT2D eigenvalue weighted by Crippen LogP contribution is 2.44. The van der Waals surface area contributed by atoms with Crippen LogP contribution in [0.1, 0.15) is 24.8 Å². The number of piperidine rings is 1. The highest BCUT2D eigenvalue weighted by molar-refractivity contribution is 5.89. The first-order valence-electron chi connectivity index (χ1n) is 12.7. The van der Waals surface area contributed by atoms with Gasteiger partial charge in [0.05, 0.1) is 16.8 Å². The van der Waals surface area contributed by atoms with Gasteiger partial charge in [-0.2, -0.15) is 0 Å². The van der Waals surface area contributed by atoms with Gasteiger partial charge in [0.2, 0.25) is 5.91 Å². The smallest absolute Gasteiger partial charge is 0.233 e. The quantitative estimate of drug-likeness (QED) is 0.523. The third kappa shape index (κ3) is 3.76. The summed E-state index contributed by atoms with van der Waals surface area (Å²) >= 11 is 0. The van der Waals surface area contributed by atoms with Crippen molar-refractivity contribution >= 4 is 17.4 Å². The minimum atomic E-state index is -0.541. The number of nitrogens with one attached hydrogen (secondary N) is 1. The second kappa shape index (κ2) is 8.78. The van der Waals surface area contributed by atoms with Gasteiger partial charge in [0, 0.05) is 43.7 Å². The van der Waals surface area contributed by atoms with E-state index in [1.807, 2.05) is 36.4 Å². The standard InChI is InChI=1S/C28H32N6O2/c29-25-23(16-22(31-32-25)21-8-4-5-9-24(21)35)33-14-11-28(12-15-33,20-6-2-1-3-7-20)26(36)34-18-27(19-34)10-13-30-17-27/h1-9,16,30,35H,10-15,17-19H2,(H2,29,32). The number of amides is 1. The number of aromatic hydroxyl groups is 1. The summed E-state index contributed by atoms with van der Waals surface area (Å²) in [6, 6.07) is 19.2. The molecular formula is C28H32N6O2. The van der Waals surface area contributed by atoms with Crippen molar-refractivity contribution in [3.63, 3.8) is 0 Å². The van der Waals surface area contributed by atoms with Crippen LogP contribution in [0.15, 0.2) is 60.7 Å². The molecule has 0 aliphatic carbocycles. The van der Waals surface area contributed by atoms with Gasteiger partial charge in [-0.3, -0.25) is 4.79 Å². The second-order valence-electron chi connectivity index (χ2n) is 10.5. The van der Waals surface area contributed by atoms with Gasteiger partial charge < -0.3 is 26.0 Å². The summed E-state index contributed by atoms with van der Waals surface area (Å²) in [5.74, 6) is 0.757. The third-order valence-corrected chi connectivity index (χ3v) is 8.35. The topological polar surface area (TPSA) is 108 Å². The van der Waals surface area contributed by atoms with E-state index in [4.69, 9.17) is 5.73 Å². The normalized spacial score (nSPS) is 20.3. The molecule has 4 heterocycles. The molecule has 0 saturated carbocycles. The summed E-state index contributed by atoms with van der Waals surface area (Å²) in [6.45, 7) is 5.11. The molecule has 2 aromatic carbocycles. The van der Waals surface area contributed by atoms with Crippen LogP contribution in [0.5, 0.6) is 5.75 Å². The summed E-state index contributed by atoms with van der Waals surface area (Å²) in [6.07, 6.45) is 2.55. The van der Waals surface area contributed by atoms with Gasteiger partial charge in [-0.1, -0.05) is 42.5 Å². The molecule has 3 saturated heterocycles. The molecule has 1 amide bonds. The fourth-order valence-corrected chi connectivity index (χ4v) is 6.25. The number of aromatic nitrogens is 2. The number of para-hydroxylation sites is 1. The number of hydrogen-bond donors (Lipinski definition) is 3. The summed E-state index contributed by atoms with van der Waals surface area (Å²) in [5.41, 5.74) is 9.06. The van der Waals surface area contributed by atoms with E-state index in [1.54, 1.807) is 12.1 Å². The molecule has 1 spiro atoms. The van der Waals surface area contributed by atoms with Gasteiger partial charge in [0.25, 0.3) is 0 Å². The van der Waals surface area contributed by atoms with E-state index in [2.05, 4.69) is 37.4 Å². The maximum Gasteiger partial charge on any atom is 0.233 e. The maximum absolute atomic E-state index is 14.0. The predicted molar refractivity (Wildman–Crippen MR) is 140 cm³/mol. The zero-order valence-electron chi connectivity index (χ0n) is 20.4. The number of carbonyl (C=O) groups is 1. The lowest BCUT2D eigenvalue weighted by Gasteiger charge is -2.52. The van der Waals surface area contributed by atoms with E-state index in [-0.39, 0.29) is 17.1 Å². The Labute approximate surface area is 211 Å². The van der Waals surface area contributed by atoms with Crippen LogP contribution in [0.3, 0.4) is 0 Å². The molecule has 0 bridgehead atoms. The second-order valence-corrected chi connectivity index (χ2v) is 10.5. The number of nitrogen functional groups attached to an aromatic ring is 1. The Hall–Kier alpha value is -3.65. The zero-order chi connectivity index (χ0) is 24.8. The Morgan fingerprint density at radius 2 is 1.69 bits per heavy atom. The van der Waals surface area contributed by atoms with Crippen LogP contribution < -0.4 is 16.0 Å². The van der Waals surface area contributed by atoms with Crippen molar-refractivity contribution in [2.75, 3.05) is 49.9 Å². The lowest BCUT2D eigenvalue weighted by atomic mass is 9.69. The zero-order valence-corrected chi connectivity index (χ0v) is 20.4. The largest absolute Gasteiger partial charge is 0.507 e. The van der Waals surface area contributed by atoms with Gasteiger partial charge in [0.15, 0.2) is 5.82 Å². The monoisotopic (exact) mass is 484 g/mol. The van der Waals surface area contributed by atoms with Crippen molar-refractivity contribution in [2.24, 2.45) is 5.41 Å². The van der Waals surface area contributed by atoms with E-state index < -0.39 is 5.41 Å². The first-order valence-corrected chi connectivity index (χ1v) is 12.7. The average molecular weight is 485 g/mol. The van der Waals surface area contributed by atoms with E-state index in [9.17, 15) is 9.90 Å². The van der Waals surface area contributed by atoms with Crippen LogP contribution in [0.4, 0.5) is 11.5 Å². The van der Waals surface area contributed by atoms with Gasteiger partial charge in [0.1, 0.15) is 5.75 Å². The number of anilines is 2. The summed E-state index contributed by atoms with van der Waals surface area (Å²) in [4.78, 5) is 18.3. The van der Waals surface area contributed by atoms with Crippen molar-refractivity contribution in [2.45, 2.75) is 24.7 Å². The average Bonchev–Trinajstić information content (AvgIpc) is 3.40. The molecule has 8 heteroatoms. The SMILES string of the molecule is Nc1nnc(-c2ccccc2O)cc1N1CCC(C(=O)N2CC3(CCNC3)C2)(c2ccccc2)CC1. The Balaban J connectivity index is 1.26. The van der Waals surface area contributed by atoms with E-state index in [0.29, 0.717) is 43.0 Å². The number of rotatable bonds is 4. The molecule has 1 aromatic heterocycles. The van der Waals surface area contributed by atoms with Crippen LogP contribution in [0.2, 0.25) is 0 Å². The Kier molecular flexibility index (Phi) is 5.56. The first-order chi connectivity index (χ1) is 17.5. The molecule has 3 aliphatic rings. The third-order valence-electron chi connectivity index (χ3n) is 8.35. The molecular weight excluding hydrogens is 452 g/mol. The van der Waals surface area contributed by atoms with Crippen LogP contribution in [-0.4, -0.2) is 65.4 Å². The molecule has 186 valence electrons. The van der Waals surface area contributed by atoms with Crippen molar-refractivity contribution < 1.29 is 9.90 Å². The van der Waals surface area contributed by atoms with Gasteiger partial charge >= 0.3 is 0 Å². The lowest BCUT2D eigenvalue weighted by Crippen LogP contribution is -2.64. The van der Waals surface area contributed by atoms with Crippen molar-refractivity contribution in [1.29, 1.82) is 0 Å². The number of likely N-dealkylation sites (tertiary alicyclic amines) is 1. The van der Waals surface area contributed by atoms with E-state index >= 15 is 0 Å². The van der Waals surface area contributed by atoms with Gasteiger partial charge in [-0.15, -0.1) is 10.2 Å². The maximum atomic E-state index is 14.0. The van der Waals surface area contributed by atoms with Crippen LogP contribution >= 0.6 is 0 Å². The molecule has 8 nitrogen and oxygen atoms in total. The number of nitrogens with zero attached hydrogens (tertiary/aromatic N) is 4. The Morgan fingerprint density at radius 3 is 2.39 bits per heavy atom.